The van der Waals surface area contributed by atoms with Crippen molar-refractivity contribution in [2.24, 2.45) is 17.8 Å². The lowest BCUT2D eigenvalue weighted by atomic mass is 9.83. The lowest BCUT2D eigenvalue weighted by molar-refractivity contribution is -0.137. The van der Waals surface area contributed by atoms with Crippen LogP contribution in [0.1, 0.15) is 115 Å². The number of amides is 6. The third kappa shape index (κ3) is 15.4. The third-order valence-corrected chi connectivity index (χ3v) is 15.2. The van der Waals surface area contributed by atoms with Crippen molar-refractivity contribution in [3.05, 3.63) is 60.2 Å². The average Bonchev–Trinajstić information content (AvgIpc) is 3.92. The van der Waals surface area contributed by atoms with Crippen molar-refractivity contribution in [2.45, 2.75) is 147 Å². The van der Waals surface area contributed by atoms with Gasteiger partial charge in [0.2, 0.25) is 35.4 Å². The van der Waals surface area contributed by atoms with E-state index in [1.807, 2.05) is 24.8 Å². The molecule has 2 aliphatic carbocycles. The maximum absolute atomic E-state index is 14.1. The van der Waals surface area contributed by atoms with Crippen LogP contribution in [-0.4, -0.2) is 161 Å². The highest BCUT2D eigenvalue weighted by molar-refractivity contribution is 5.94. The topological polar surface area (TPSA) is 229 Å². The molecule has 2 aromatic heterocycles. The molecule has 0 bridgehead atoms. The number of aromatic nitrogens is 3. The van der Waals surface area contributed by atoms with Gasteiger partial charge >= 0.3 is 6.18 Å². The van der Waals surface area contributed by atoms with Crippen LogP contribution in [-0.2, 0) is 44.4 Å². The Morgan fingerprint density at radius 1 is 0.868 bits per heavy atom. The molecule has 5 N–H and O–H groups in total. The quantitative estimate of drug-likeness (QED) is 0.0763. The molecule has 2 aliphatic heterocycles. The number of hydrogen-bond acceptors (Lipinski definition) is 13. The monoisotopic (exact) mass is 1060 g/mol. The molecule has 0 unspecified atom stereocenters. The maximum atomic E-state index is 14.1. The lowest BCUT2D eigenvalue weighted by Crippen LogP contribution is -2.59. The first-order valence-electron chi connectivity index (χ1n) is 27.0. The molecule has 2 saturated carbocycles. The van der Waals surface area contributed by atoms with Crippen molar-refractivity contribution < 1.29 is 51.4 Å². The molecular formula is C54H76F3N11O8. The lowest BCUT2D eigenvalue weighted by Gasteiger charge is -2.42. The number of anilines is 1. The van der Waals surface area contributed by atoms with E-state index in [1.165, 1.54) is 12.4 Å². The molecule has 6 atom stereocenters. The molecule has 416 valence electrons. The van der Waals surface area contributed by atoms with E-state index in [0.29, 0.717) is 69.5 Å². The summed E-state index contributed by atoms with van der Waals surface area (Å²) in [6.07, 6.45) is 5.39. The largest absolute Gasteiger partial charge is 0.416 e. The number of carbonyl (C=O) groups excluding carboxylic acids is 6. The van der Waals surface area contributed by atoms with Crippen LogP contribution in [0.2, 0.25) is 0 Å². The van der Waals surface area contributed by atoms with E-state index in [1.54, 1.807) is 35.3 Å². The predicted molar refractivity (Wildman–Crippen MR) is 277 cm³/mol. The summed E-state index contributed by atoms with van der Waals surface area (Å²) in [4.78, 5) is 97.3. The molecule has 1 aromatic carbocycles. The molecule has 7 rings (SSSR count). The van der Waals surface area contributed by atoms with E-state index < -0.39 is 29.7 Å². The number of likely N-dealkylation sites (tertiary alicyclic amines) is 2. The van der Waals surface area contributed by atoms with Gasteiger partial charge in [0.15, 0.2) is 0 Å². The van der Waals surface area contributed by atoms with Crippen LogP contribution in [0.25, 0.3) is 10.9 Å². The molecule has 22 heteroatoms. The number of rotatable bonds is 24. The Kier molecular flexibility index (Phi) is 20.4. The summed E-state index contributed by atoms with van der Waals surface area (Å²) in [7, 11) is 1.68. The summed E-state index contributed by atoms with van der Waals surface area (Å²) in [5, 5.41) is 16.2. The number of carbonyl (C=O) groups is 6. The second kappa shape index (κ2) is 26.9. The van der Waals surface area contributed by atoms with Crippen molar-refractivity contribution in [2.75, 3.05) is 65.0 Å². The normalized spacial score (nSPS) is 24.1. The smallest absolute Gasteiger partial charge is 0.379 e. The summed E-state index contributed by atoms with van der Waals surface area (Å²) in [6.45, 7) is 10.9. The Morgan fingerprint density at radius 2 is 1.62 bits per heavy atom. The minimum absolute atomic E-state index is 0.0672. The minimum Gasteiger partial charge on any atom is -0.379 e. The summed E-state index contributed by atoms with van der Waals surface area (Å²) >= 11 is 0. The zero-order valence-corrected chi connectivity index (χ0v) is 44.4. The van der Waals surface area contributed by atoms with Gasteiger partial charge in [-0.3, -0.25) is 33.8 Å². The van der Waals surface area contributed by atoms with Gasteiger partial charge in [0.05, 0.1) is 61.6 Å². The Balaban J connectivity index is 0.785. The Labute approximate surface area is 442 Å². The number of fused-ring (bicyclic) bond motifs is 1. The number of ether oxygens (including phenoxy) is 2. The molecule has 19 nitrogen and oxygen atoms in total. The second-order valence-electron chi connectivity index (χ2n) is 21.3. The highest BCUT2D eigenvalue weighted by Gasteiger charge is 2.45. The van der Waals surface area contributed by atoms with Crippen LogP contribution < -0.4 is 26.6 Å². The molecular weight excluding hydrogens is 988 g/mol. The fourth-order valence-electron chi connectivity index (χ4n) is 11.0. The molecule has 0 spiro atoms. The van der Waals surface area contributed by atoms with Gasteiger partial charge in [-0.25, -0.2) is 9.97 Å². The summed E-state index contributed by atoms with van der Waals surface area (Å²) < 4.78 is 52.2. The summed E-state index contributed by atoms with van der Waals surface area (Å²) in [6, 6.07) is 5.17. The van der Waals surface area contributed by atoms with Crippen molar-refractivity contribution in [3.8, 4) is 0 Å². The fraction of sp³-hybridized carbons (Fsp3) is 0.648. The van der Waals surface area contributed by atoms with Crippen molar-refractivity contribution >= 4 is 52.2 Å². The second-order valence-corrected chi connectivity index (χ2v) is 21.3. The number of nitrogens with one attached hydrogen (secondary N) is 5. The minimum atomic E-state index is -4.56. The molecule has 4 fully saturated rings. The van der Waals surface area contributed by atoms with E-state index in [4.69, 9.17) is 9.47 Å². The molecule has 0 radical (unpaired) electrons. The van der Waals surface area contributed by atoms with Gasteiger partial charge in [0.1, 0.15) is 18.2 Å². The van der Waals surface area contributed by atoms with E-state index in [-0.39, 0.29) is 135 Å². The first kappa shape index (κ1) is 57.7. The van der Waals surface area contributed by atoms with Crippen LogP contribution in [0.15, 0.2) is 49.1 Å². The summed E-state index contributed by atoms with van der Waals surface area (Å²) in [5.41, 5.74) is 0.277. The number of benzene rings is 1. The number of alkyl halides is 3. The SMILES string of the molecule is CC(C)CN[C@@H]1CC[C@H](N2CC[C@H](Nc3ncnc4ccc(C(F)(F)F)cc34)C2=O)[C@H](NC(=O)C2CCC(NC(=O)CCOCCOCCN(C(=O)CCNC(=O)[C@H]3CC(=O)N(C)[C@@H]3c3cccnc3)C(C)C)CC2)C1. The predicted octanol–water partition coefficient (Wildman–Crippen LogP) is 4.77. The molecule has 4 aliphatic rings. The number of pyridine rings is 1. The van der Waals surface area contributed by atoms with E-state index in [0.717, 1.165) is 30.7 Å². The van der Waals surface area contributed by atoms with Gasteiger partial charge in [-0.1, -0.05) is 19.9 Å². The van der Waals surface area contributed by atoms with E-state index in [2.05, 4.69) is 55.4 Å². The van der Waals surface area contributed by atoms with Crippen LogP contribution in [0.5, 0.6) is 0 Å². The first-order valence-corrected chi connectivity index (χ1v) is 27.0. The Bertz CT molecular complexity index is 2460. The standard InChI is InChI=1S/C54H76F3N11O8/c1-33(2)30-60-39-13-15-45(68-21-17-43(53(68)74)64-50-40-27-37(54(55,56)57)10-14-42(40)61-32-62-50)44(28-39)65-51(72)35-8-11-38(12-9-35)63-46(69)18-23-75-25-26-76-24-22-67(34(3)4)47(70)16-20-59-52(73)41-29-48(71)66(5)49(41)36-7-6-19-58-31-36/h6-7,10,14,19,27,31-35,38-39,41,43-45,49,60H,8-9,11-13,15-18,20-26,28-30H2,1-5H3,(H,59,73)(H,63,69)(H,65,72)(H,61,62,64)/t35?,38?,39-,41+,43+,44-,45+,49-/m1/s1. The molecule has 3 aromatic rings. The van der Waals surface area contributed by atoms with Crippen LogP contribution >= 0.6 is 0 Å². The molecule has 2 saturated heterocycles. The van der Waals surface area contributed by atoms with Gasteiger partial charge < -0.3 is 50.8 Å². The third-order valence-electron chi connectivity index (χ3n) is 15.2. The van der Waals surface area contributed by atoms with Crippen molar-refractivity contribution in [1.82, 2.24) is 50.9 Å². The van der Waals surface area contributed by atoms with Crippen molar-refractivity contribution in [3.63, 3.8) is 0 Å². The zero-order valence-electron chi connectivity index (χ0n) is 44.4. The highest BCUT2D eigenvalue weighted by Crippen LogP contribution is 2.37. The van der Waals surface area contributed by atoms with Gasteiger partial charge in [-0.2, -0.15) is 13.2 Å². The van der Waals surface area contributed by atoms with Crippen LogP contribution in [0.4, 0.5) is 19.0 Å². The Hall–Kier alpha value is -6.00. The number of hydrogen-bond donors (Lipinski definition) is 5. The van der Waals surface area contributed by atoms with Gasteiger partial charge in [-0.05, 0) is 108 Å². The van der Waals surface area contributed by atoms with E-state index >= 15 is 0 Å². The van der Waals surface area contributed by atoms with Crippen LogP contribution in [0, 0.1) is 17.8 Å². The van der Waals surface area contributed by atoms with Crippen LogP contribution in [0.3, 0.4) is 0 Å². The van der Waals surface area contributed by atoms with E-state index in [9.17, 15) is 41.9 Å². The fourth-order valence-corrected chi connectivity index (χ4v) is 11.0. The number of nitrogens with zero attached hydrogens (tertiary/aromatic N) is 6. The molecule has 6 amide bonds. The van der Waals surface area contributed by atoms with Gasteiger partial charge in [0.25, 0.3) is 0 Å². The molecule has 4 heterocycles. The van der Waals surface area contributed by atoms with Gasteiger partial charge in [-0.15, -0.1) is 0 Å². The highest BCUT2D eigenvalue weighted by atomic mass is 19.4. The van der Waals surface area contributed by atoms with Gasteiger partial charge in [0, 0.05) is 87.8 Å². The van der Waals surface area contributed by atoms with Crippen molar-refractivity contribution in [1.29, 1.82) is 0 Å². The maximum Gasteiger partial charge on any atom is 0.416 e. The first-order chi connectivity index (χ1) is 36.4. The molecule has 76 heavy (non-hydrogen) atoms. The zero-order chi connectivity index (χ0) is 54.5. The summed E-state index contributed by atoms with van der Waals surface area (Å²) in [5.74, 6) is -1.17. The Morgan fingerprint density at radius 3 is 2.33 bits per heavy atom. The number of halogens is 3. The average molecular weight is 1060 g/mol.